The summed E-state index contributed by atoms with van der Waals surface area (Å²) in [4.78, 5) is 24.6. The standard InChI is InChI=1S/C18H24N2O3/c1-12(20-16(22)23-17(2,3)4)18(5,6)15(21)14-9-7-13(11-19)8-10-14/h7-10,12H,1-6H3,(H,20,22). The van der Waals surface area contributed by atoms with Crippen LogP contribution in [0.5, 0.6) is 0 Å². The second kappa shape index (κ2) is 6.82. The Labute approximate surface area is 137 Å². The molecule has 5 heteroatoms. The minimum atomic E-state index is -0.814. The van der Waals surface area contributed by atoms with Gasteiger partial charge in [0, 0.05) is 17.0 Å². The van der Waals surface area contributed by atoms with Gasteiger partial charge in [0.05, 0.1) is 11.6 Å². The van der Waals surface area contributed by atoms with Crippen LogP contribution in [-0.2, 0) is 4.74 Å². The quantitative estimate of drug-likeness (QED) is 0.859. The number of benzene rings is 1. The lowest BCUT2D eigenvalue weighted by molar-refractivity contribution is 0.0460. The molecule has 1 N–H and O–H groups in total. The molecule has 1 unspecified atom stereocenters. The number of amides is 1. The van der Waals surface area contributed by atoms with Crippen LogP contribution >= 0.6 is 0 Å². The molecule has 124 valence electrons. The third-order valence-corrected chi connectivity index (χ3v) is 3.68. The molecule has 0 saturated carbocycles. The fourth-order valence-electron chi connectivity index (χ4n) is 1.93. The van der Waals surface area contributed by atoms with Gasteiger partial charge in [0.2, 0.25) is 0 Å². The predicted octanol–water partition coefficient (Wildman–Crippen LogP) is 3.68. The van der Waals surface area contributed by atoms with Crippen molar-refractivity contribution in [1.82, 2.24) is 5.32 Å². The van der Waals surface area contributed by atoms with Crippen LogP contribution in [0, 0.1) is 16.7 Å². The Morgan fingerprint density at radius 2 is 1.65 bits per heavy atom. The maximum absolute atomic E-state index is 12.7. The first-order chi connectivity index (χ1) is 10.5. The fourth-order valence-corrected chi connectivity index (χ4v) is 1.93. The minimum Gasteiger partial charge on any atom is -0.444 e. The van der Waals surface area contributed by atoms with Gasteiger partial charge >= 0.3 is 6.09 Å². The number of carbonyl (C=O) groups excluding carboxylic acids is 2. The highest BCUT2D eigenvalue weighted by Crippen LogP contribution is 2.26. The zero-order valence-corrected chi connectivity index (χ0v) is 14.6. The van der Waals surface area contributed by atoms with Gasteiger partial charge in [-0.1, -0.05) is 26.0 Å². The molecule has 0 radical (unpaired) electrons. The van der Waals surface area contributed by atoms with E-state index in [2.05, 4.69) is 5.32 Å². The van der Waals surface area contributed by atoms with Gasteiger partial charge in [-0.2, -0.15) is 5.26 Å². The molecule has 5 nitrogen and oxygen atoms in total. The third-order valence-electron chi connectivity index (χ3n) is 3.68. The molecule has 23 heavy (non-hydrogen) atoms. The van der Waals surface area contributed by atoms with Gasteiger partial charge in [0.15, 0.2) is 5.78 Å². The summed E-state index contributed by atoms with van der Waals surface area (Å²) in [7, 11) is 0. The molecule has 0 spiro atoms. The average Bonchev–Trinajstić information content (AvgIpc) is 2.44. The summed E-state index contributed by atoms with van der Waals surface area (Å²) in [6, 6.07) is 8.07. The number of ketones is 1. The summed E-state index contributed by atoms with van der Waals surface area (Å²) >= 11 is 0. The number of alkyl carbamates (subject to hydrolysis) is 1. The van der Waals surface area contributed by atoms with Crippen LogP contribution in [0.25, 0.3) is 0 Å². The van der Waals surface area contributed by atoms with Crippen molar-refractivity contribution < 1.29 is 14.3 Å². The molecule has 0 aromatic heterocycles. The molecule has 0 saturated heterocycles. The Bertz CT molecular complexity index is 619. The summed E-state index contributed by atoms with van der Waals surface area (Å²) < 4.78 is 5.22. The lowest BCUT2D eigenvalue weighted by Gasteiger charge is -2.32. The van der Waals surface area contributed by atoms with Crippen LogP contribution in [0.3, 0.4) is 0 Å². The first-order valence-electron chi connectivity index (χ1n) is 7.52. The highest BCUT2D eigenvalue weighted by atomic mass is 16.6. The van der Waals surface area contributed by atoms with E-state index in [1.807, 2.05) is 6.07 Å². The van der Waals surface area contributed by atoms with Gasteiger partial charge < -0.3 is 10.1 Å². The van der Waals surface area contributed by atoms with Crippen LogP contribution < -0.4 is 5.32 Å². The maximum Gasteiger partial charge on any atom is 0.407 e. The van der Waals surface area contributed by atoms with Crippen molar-refractivity contribution in [3.05, 3.63) is 35.4 Å². The van der Waals surface area contributed by atoms with E-state index >= 15 is 0 Å². The molecule has 0 heterocycles. The number of nitrogens with one attached hydrogen (secondary N) is 1. The number of nitriles is 1. The van der Waals surface area contributed by atoms with Gasteiger partial charge in [0.25, 0.3) is 0 Å². The zero-order valence-electron chi connectivity index (χ0n) is 14.6. The molecule has 0 bridgehead atoms. The lowest BCUT2D eigenvalue weighted by atomic mass is 9.78. The van der Waals surface area contributed by atoms with Crippen molar-refractivity contribution >= 4 is 11.9 Å². The Morgan fingerprint density at radius 1 is 1.13 bits per heavy atom. The zero-order chi connectivity index (χ0) is 17.8. The highest BCUT2D eigenvalue weighted by molar-refractivity contribution is 6.00. The Morgan fingerprint density at radius 3 is 2.09 bits per heavy atom. The summed E-state index contributed by atoms with van der Waals surface area (Å²) in [5.74, 6) is -0.106. The largest absolute Gasteiger partial charge is 0.444 e. The smallest absolute Gasteiger partial charge is 0.407 e. The lowest BCUT2D eigenvalue weighted by Crippen LogP contribution is -2.48. The summed E-state index contributed by atoms with van der Waals surface area (Å²) in [6.07, 6.45) is -0.550. The van der Waals surface area contributed by atoms with Crippen LogP contribution in [-0.4, -0.2) is 23.5 Å². The number of hydrogen-bond acceptors (Lipinski definition) is 4. The molecule has 1 atom stereocenters. The molecular formula is C18H24N2O3. The monoisotopic (exact) mass is 316 g/mol. The SMILES string of the molecule is CC(NC(=O)OC(C)(C)C)C(C)(C)C(=O)c1ccc(C#N)cc1. The molecule has 0 aliphatic rings. The van der Waals surface area contributed by atoms with E-state index in [0.717, 1.165) is 0 Å². The fraction of sp³-hybridized carbons (Fsp3) is 0.500. The second-order valence-corrected chi connectivity index (χ2v) is 7.11. The maximum atomic E-state index is 12.7. The number of hydrogen-bond donors (Lipinski definition) is 1. The van der Waals surface area contributed by atoms with Crippen molar-refractivity contribution in [3.63, 3.8) is 0 Å². The van der Waals surface area contributed by atoms with E-state index in [0.29, 0.717) is 11.1 Å². The van der Waals surface area contributed by atoms with E-state index < -0.39 is 23.2 Å². The number of Topliss-reactive ketones (excluding diaryl/α,β-unsaturated/α-hetero) is 1. The molecule has 1 aromatic rings. The summed E-state index contributed by atoms with van der Waals surface area (Å²) in [6.45, 7) is 10.7. The number of nitrogens with zero attached hydrogens (tertiary/aromatic N) is 1. The van der Waals surface area contributed by atoms with Crippen molar-refractivity contribution in [2.75, 3.05) is 0 Å². The third kappa shape index (κ3) is 5.10. The minimum absolute atomic E-state index is 0.106. The average molecular weight is 316 g/mol. The van der Waals surface area contributed by atoms with Crippen molar-refractivity contribution in [2.24, 2.45) is 5.41 Å². The van der Waals surface area contributed by atoms with Gasteiger partial charge in [0.1, 0.15) is 5.60 Å². The topological polar surface area (TPSA) is 79.2 Å². The van der Waals surface area contributed by atoms with Crippen LogP contribution in [0.1, 0.15) is 57.5 Å². The van der Waals surface area contributed by atoms with Crippen LogP contribution in [0.15, 0.2) is 24.3 Å². The first-order valence-corrected chi connectivity index (χ1v) is 7.52. The molecule has 0 aliphatic heterocycles. The second-order valence-electron chi connectivity index (χ2n) is 7.11. The van der Waals surface area contributed by atoms with E-state index in [1.54, 1.807) is 65.8 Å². The van der Waals surface area contributed by atoms with Crippen LogP contribution in [0.4, 0.5) is 4.79 Å². The van der Waals surface area contributed by atoms with Gasteiger partial charge in [-0.3, -0.25) is 4.79 Å². The van der Waals surface area contributed by atoms with Crippen molar-refractivity contribution in [2.45, 2.75) is 53.2 Å². The van der Waals surface area contributed by atoms with Gasteiger partial charge in [-0.15, -0.1) is 0 Å². The molecule has 1 amide bonds. The Kier molecular flexibility index (Phi) is 5.55. The number of ether oxygens (including phenoxy) is 1. The highest BCUT2D eigenvalue weighted by Gasteiger charge is 2.36. The Hall–Kier alpha value is -2.35. The van der Waals surface area contributed by atoms with E-state index in [-0.39, 0.29) is 5.78 Å². The van der Waals surface area contributed by atoms with Crippen molar-refractivity contribution in [3.8, 4) is 6.07 Å². The number of rotatable bonds is 4. The molecule has 0 aliphatic carbocycles. The van der Waals surface area contributed by atoms with Gasteiger partial charge in [-0.05, 0) is 39.8 Å². The molecule has 1 rings (SSSR count). The summed E-state index contributed by atoms with van der Waals surface area (Å²) in [5, 5.41) is 11.5. The Balaban J connectivity index is 2.85. The van der Waals surface area contributed by atoms with Crippen molar-refractivity contribution in [1.29, 1.82) is 5.26 Å². The molecule has 1 aromatic carbocycles. The van der Waals surface area contributed by atoms with Crippen LogP contribution in [0.2, 0.25) is 0 Å². The normalized spacial score (nSPS) is 12.9. The van der Waals surface area contributed by atoms with E-state index in [9.17, 15) is 9.59 Å². The molecular weight excluding hydrogens is 292 g/mol. The first kappa shape index (κ1) is 18.7. The molecule has 0 fully saturated rings. The number of carbonyl (C=O) groups is 2. The van der Waals surface area contributed by atoms with E-state index in [1.165, 1.54) is 0 Å². The van der Waals surface area contributed by atoms with Gasteiger partial charge in [-0.25, -0.2) is 4.79 Å². The van der Waals surface area contributed by atoms with E-state index in [4.69, 9.17) is 10.00 Å². The predicted molar refractivity (Wildman–Crippen MR) is 88.1 cm³/mol. The summed E-state index contributed by atoms with van der Waals surface area (Å²) in [5.41, 5.74) is -0.401.